The third-order valence-corrected chi connectivity index (χ3v) is 6.86. The van der Waals surface area contributed by atoms with Gasteiger partial charge in [-0.2, -0.15) is 0 Å². The Kier molecular flexibility index (Phi) is 8.64. The number of ether oxygens (including phenoxy) is 1. The van der Waals surface area contributed by atoms with Crippen molar-refractivity contribution in [2.45, 2.75) is 31.1 Å². The second-order valence-corrected chi connectivity index (χ2v) is 8.99. The maximum atomic E-state index is 13.5. The number of thioether (sulfide) groups is 1. The molecule has 1 saturated heterocycles. The first-order valence-corrected chi connectivity index (χ1v) is 11.8. The summed E-state index contributed by atoms with van der Waals surface area (Å²) in [6, 6.07) is 17.8. The van der Waals surface area contributed by atoms with Crippen LogP contribution in [0, 0.1) is 11.8 Å². The van der Waals surface area contributed by atoms with E-state index in [0.717, 1.165) is 23.3 Å². The predicted molar refractivity (Wildman–Crippen MR) is 122 cm³/mol. The van der Waals surface area contributed by atoms with E-state index >= 15 is 0 Å². The van der Waals surface area contributed by atoms with Gasteiger partial charge in [-0.25, -0.2) is 0 Å². The fourth-order valence-corrected chi connectivity index (χ4v) is 4.97. The summed E-state index contributed by atoms with van der Waals surface area (Å²) >= 11 is 8.06. The molecule has 0 N–H and O–H groups in total. The molecule has 30 heavy (non-hydrogen) atoms. The fraction of sp³-hybridized carbons (Fsp3) is 0.417. The lowest BCUT2D eigenvalue weighted by Crippen LogP contribution is -2.46. The van der Waals surface area contributed by atoms with E-state index in [9.17, 15) is 9.59 Å². The minimum Gasteiger partial charge on any atom is -0.466 e. The molecule has 0 radical (unpaired) electrons. The number of nitrogens with zero attached hydrogens (tertiary/aromatic N) is 1. The van der Waals surface area contributed by atoms with Gasteiger partial charge in [0.25, 0.3) is 0 Å². The Bertz CT molecular complexity index is 845. The number of carbonyl (C=O) groups is 2. The van der Waals surface area contributed by atoms with E-state index in [2.05, 4.69) is 12.1 Å². The van der Waals surface area contributed by atoms with Gasteiger partial charge in [0, 0.05) is 28.8 Å². The highest BCUT2D eigenvalue weighted by Crippen LogP contribution is 2.28. The SMILES string of the molecule is CCOC(=O)C1CCCN(C(=O)C(CSc2ccccc2)Cc2ccccc2Cl)C1. The predicted octanol–water partition coefficient (Wildman–Crippen LogP) is 5.09. The van der Waals surface area contributed by atoms with Gasteiger partial charge in [0.05, 0.1) is 18.4 Å². The Labute approximate surface area is 187 Å². The first kappa shape index (κ1) is 22.7. The Hall–Kier alpha value is -1.98. The molecule has 0 bridgehead atoms. The molecule has 2 aromatic rings. The van der Waals surface area contributed by atoms with Crippen LogP contribution in [0.3, 0.4) is 0 Å². The molecule has 4 nitrogen and oxygen atoms in total. The van der Waals surface area contributed by atoms with Crippen LogP contribution >= 0.6 is 23.4 Å². The lowest BCUT2D eigenvalue weighted by molar-refractivity contribution is -0.151. The second-order valence-electron chi connectivity index (χ2n) is 7.49. The molecule has 0 aromatic heterocycles. The van der Waals surface area contributed by atoms with Gasteiger partial charge < -0.3 is 9.64 Å². The van der Waals surface area contributed by atoms with Crippen molar-refractivity contribution in [3.63, 3.8) is 0 Å². The molecule has 0 aliphatic carbocycles. The fourth-order valence-electron chi connectivity index (χ4n) is 3.75. The van der Waals surface area contributed by atoms with Crippen LogP contribution in [0.2, 0.25) is 5.02 Å². The summed E-state index contributed by atoms with van der Waals surface area (Å²) < 4.78 is 5.19. The van der Waals surface area contributed by atoms with Gasteiger partial charge in [-0.1, -0.05) is 48.0 Å². The van der Waals surface area contributed by atoms with Crippen molar-refractivity contribution in [1.29, 1.82) is 0 Å². The molecule has 160 valence electrons. The maximum Gasteiger partial charge on any atom is 0.310 e. The summed E-state index contributed by atoms with van der Waals surface area (Å²) in [4.78, 5) is 28.7. The molecule has 0 spiro atoms. The molecule has 2 atom stereocenters. The molecule has 1 fully saturated rings. The number of amides is 1. The number of benzene rings is 2. The topological polar surface area (TPSA) is 46.6 Å². The van der Waals surface area contributed by atoms with Gasteiger partial charge in [-0.3, -0.25) is 9.59 Å². The molecule has 1 aliphatic heterocycles. The number of hydrogen-bond acceptors (Lipinski definition) is 4. The van der Waals surface area contributed by atoms with E-state index in [1.807, 2.05) is 54.3 Å². The van der Waals surface area contributed by atoms with Crippen LogP contribution in [0.5, 0.6) is 0 Å². The zero-order valence-corrected chi connectivity index (χ0v) is 18.8. The van der Waals surface area contributed by atoms with Crippen molar-refractivity contribution in [2.24, 2.45) is 11.8 Å². The summed E-state index contributed by atoms with van der Waals surface area (Å²) in [5.41, 5.74) is 0.977. The molecule has 3 rings (SSSR count). The van der Waals surface area contributed by atoms with Crippen molar-refractivity contribution in [3.8, 4) is 0 Å². The summed E-state index contributed by atoms with van der Waals surface area (Å²) in [5, 5.41) is 0.683. The minimum atomic E-state index is -0.231. The number of piperidine rings is 1. The van der Waals surface area contributed by atoms with Crippen LogP contribution in [0.25, 0.3) is 0 Å². The lowest BCUT2D eigenvalue weighted by atomic mass is 9.94. The smallest absolute Gasteiger partial charge is 0.310 e. The van der Waals surface area contributed by atoms with Crippen LogP contribution in [0.1, 0.15) is 25.3 Å². The highest BCUT2D eigenvalue weighted by molar-refractivity contribution is 7.99. The van der Waals surface area contributed by atoms with Gasteiger partial charge in [-0.15, -0.1) is 11.8 Å². The van der Waals surface area contributed by atoms with Crippen LogP contribution in [-0.2, 0) is 20.7 Å². The first-order chi connectivity index (χ1) is 14.6. The standard InChI is InChI=1S/C24H28ClNO3S/c1-2-29-24(28)19-10-8-14-26(16-19)23(27)20(15-18-9-6-7-13-22(18)25)17-30-21-11-4-3-5-12-21/h3-7,9,11-13,19-20H,2,8,10,14-17H2,1H3. The van der Waals surface area contributed by atoms with E-state index < -0.39 is 0 Å². The lowest BCUT2D eigenvalue weighted by Gasteiger charge is -2.34. The molecule has 6 heteroatoms. The van der Waals surface area contributed by atoms with Crippen LogP contribution in [0.15, 0.2) is 59.5 Å². The molecule has 1 aliphatic rings. The van der Waals surface area contributed by atoms with Crippen LogP contribution < -0.4 is 0 Å². The first-order valence-electron chi connectivity index (χ1n) is 10.4. The van der Waals surface area contributed by atoms with Crippen molar-refractivity contribution in [1.82, 2.24) is 4.90 Å². The summed E-state index contributed by atoms with van der Waals surface area (Å²) in [6.45, 7) is 3.30. The van der Waals surface area contributed by atoms with E-state index in [-0.39, 0.29) is 23.7 Å². The Morgan fingerprint density at radius 1 is 1.17 bits per heavy atom. The number of likely N-dealkylation sites (tertiary alicyclic amines) is 1. The van der Waals surface area contributed by atoms with Crippen LogP contribution in [0.4, 0.5) is 0 Å². The van der Waals surface area contributed by atoms with Crippen molar-refractivity contribution in [3.05, 3.63) is 65.2 Å². The summed E-state index contributed by atoms with van der Waals surface area (Å²) in [7, 11) is 0. The zero-order chi connectivity index (χ0) is 21.3. The largest absolute Gasteiger partial charge is 0.466 e. The molecule has 2 unspecified atom stereocenters. The molecule has 2 aromatic carbocycles. The third kappa shape index (κ3) is 6.26. The van der Waals surface area contributed by atoms with Crippen molar-refractivity contribution < 1.29 is 14.3 Å². The maximum absolute atomic E-state index is 13.5. The third-order valence-electron chi connectivity index (χ3n) is 5.32. The summed E-state index contributed by atoms with van der Waals surface area (Å²) in [5.74, 6) is 0.111. The normalized spacial score (nSPS) is 17.4. The number of esters is 1. The van der Waals surface area contributed by atoms with Gasteiger partial charge in [0.2, 0.25) is 5.91 Å². The summed E-state index contributed by atoms with van der Waals surface area (Å²) in [6.07, 6.45) is 2.18. The Morgan fingerprint density at radius 3 is 2.63 bits per heavy atom. The number of carbonyl (C=O) groups excluding carboxylic acids is 2. The van der Waals surface area contributed by atoms with Crippen molar-refractivity contribution in [2.75, 3.05) is 25.4 Å². The molecule has 1 amide bonds. The highest BCUT2D eigenvalue weighted by Gasteiger charge is 2.32. The molecule has 1 heterocycles. The van der Waals surface area contributed by atoms with Crippen molar-refractivity contribution >= 4 is 35.2 Å². The van der Waals surface area contributed by atoms with Gasteiger partial charge >= 0.3 is 5.97 Å². The number of hydrogen-bond donors (Lipinski definition) is 0. The monoisotopic (exact) mass is 445 g/mol. The number of halogens is 1. The van der Waals surface area contributed by atoms with Crippen LogP contribution in [-0.4, -0.2) is 42.2 Å². The molecular weight excluding hydrogens is 418 g/mol. The Balaban J connectivity index is 1.73. The van der Waals surface area contributed by atoms with Gasteiger partial charge in [-0.05, 0) is 49.9 Å². The average Bonchev–Trinajstić information content (AvgIpc) is 2.78. The molecular formula is C24H28ClNO3S. The number of rotatable bonds is 8. The Morgan fingerprint density at radius 2 is 1.90 bits per heavy atom. The van der Waals surface area contributed by atoms with E-state index in [0.29, 0.717) is 36.9 Å². The van der Waals surface area contributed by atoms with E-state index in [1.165, 1.54) is 0 Å². The average molecular weight is 446 g/mol. The van der Waals surface area contributed by atoms with E-state index in [4.69, 9.17) is 16.3 Å². The quantitative estimate of drug-likeness (QED) is 0.419. The minimum absolute atomic E-state index is 0.0901. The molecule has 0 saturated carbocycles. The highest BCUT2D eigenvalue weighted by atomic mass is 35.5. The van der Waals surface area contributed by atoms with E-state index in [1.54, 1.807) is 11.8 Å². The second kappa shape index (κ2) is 11.4. The zero-order valence-electron chi connectivity index (χ0n) is 17.3. The van der Waals surface area contributed by atoms with Gasteiger partial charge in [0.1, 0.15) is 0 Å². The van der Waals surface area contributed by atoms with Gasteiger partial charge in [0.15, 0.2) is 0 Å².